The summed E-state index contributed by atoms with van der Waals surface area (Å²) in [7, 11) is 0. The van der Waals surface area contributed by atoms with Crippen molar-refractivity contribution in [3.8, 4) is 0 Å². The molecule has 22 heavy (non-hydrogen) atoms. The van der Waals surface area contributed by atoms with Gasteiger partial charge in [-0.3, -0.25) is 0 Å². The Labute approximate surface area is 133 Å². The fourth-order valence-electron chi connectivity index (χ4n) is 2.72. The minimum atomic E-state index is -0.0931. The number of hydrogen-bond acceptors (Lipinski definition) is 1. The van der Waals surface area contributed by atoms with Gasteiger partial charge in [0.2, 0.25) is 0 Å². The summed E-state index contributed by atoms with van der Waals surface area (Å²) < 4.78 is 13.9. The van der Waals surface area contributed by atoms with Crippen LogP contribution in [0.5, 0.6) is 0 Å². The first-order valence-electron chi connectivity index (χ1n) is 8.13. The molecule has 2 aromatic rings. The van der Waals surface area contributed by atoms with Crippen LogP contribution in [0.1, 0.15) is 25.0 Å². The van der Waals surface area contributed by atoms with Crippen molar-refractivity contribution < 1.29 is 4.39 Å². The van der Waals surface area contributed by atoms with Crippen LogP contribution in [0.15, 0.2) is 54.6 Å². The Morgan fingerprint density at radius 3 is 2.23 bits per heavy atom. The lowest BCUT2D eigenvalue weighted by Crippen LogP contribution is -2.29. The van der Waals surface area contributed by atoms with Crippen molar-refractivity contribution in [3.05, 3.63) is 71.5 Å². The molecule has 0 bridgehead atoms. The van der Waals surface area contributed by atoms with Gasteiger partial charge in [0, 0.05) is 0 Å². The van der Waals surface area contributed by atoms with Gasteiger partial charge in [-0.25, -0.2) is 4.39 Å². The van der Waals surface area contributed by atoms with Gasteiger partial charge in [-0.15, -0.1) is 0 Å². The van der Waals surface area contributed by atoms with Crippen LogP contribution < -0.4 is 5.32 Å². The van der Waals surface area contributed by atoms with Crippen LogP contribution in [-0.2, 0) is 12.8 Å². The molecule has 0 aliphatic carbocycles. The van der Waals surface area contributed by atoms with Gasteiger partial charge in [0.05, 0.1) is 0 Å². The Bertz CT molecular complexity index is 551. The van der Waals surface area contributed by atoms with Crippen molar-refractivity contribution in [1.29, 1.82) is 0 Å². The third-order valence-electron chi connectivity index (χ3n) is 3.82. The summed E-state index contributed by atoms with van der Waals surface area (Å²) in [6, 6.07) is 17.6. The molecule has 1 nitrogen and oxygen atoms in total. The van der Waals surface area contributed by atoms with E-state index < -0.39 is 0 Å². The summed E-state index contributed by atoms with van der Waals surface area (Å²) in [6.07, 6.45) is 1.74. The van der Waals surface area contributed by atoms with E-state index in [1.165, 1.54) is 5.56 Å². The first-order valence-corrected chi connectivity index (χ1v) is 8.13. The number of rotatable bonds is 8. The van der Waals surface area contributed by atoms with Crippen LogP contribution in [0.4, 0.5) is 4.39 Å². The van der Waals surface area contributed by atoms with Crippen molar-refractivity contribution in [2.24, 2.45) is 11.8 Å². The van der Waals surface area contributed by atoms with E-state index in [1.54, 1.807) is 12.1 Å². The predicted molar refractivity (Wildman–Crippen MR) is 91.4 cm³/mol. The van der Waals surface area contributed by atoms with Gasteiger partial charge < -0.3 is 5.32 Å². The van der Waals surface area contributed by atoms with Crippen molar-refractivity contribution in [1.82, 2.24) is 5.32 Å². The van der Waals surface area contributed by atoms with E-state index in [-0.39, 0.29) is 5.82 Å². The molecule has 2 rings (SSSR count). The van der Waals surface area contributed by atoms with E-state index in [2.05, 4.69) is 43.4 Å². The molecule has 0 fully saturated rings. The lowest BCUT2D eigenvalue weighted by atomic mass is 9.92. The highest BCUT2D eigenvalue weighted by Gasteiger charge is 2.13. The SMILES string of the molecule is CC(C)CNCC(Cc1ccccc1)Cc1ccccc1F. The van der Waals surface area contributed by atoms with Crippen LogP contribution in [-0.4, -0.2) is 13.1 Å². The fraction of sp³-hybridized carbons (Fsp3) is 0.400. The molecule has 0 spiro atoms. The maximum atomic E-state index is 13.9. The highest BCUT2D eigenvalue weighted by Crippen LogP contribution is 2.17. The second kappa shape index (κ2) is 8.70. The van der Waals surface area contributed by atoms with Gasteiger partial charge in [-0.05, 0) is 55.0 Å². The second-order valence-corrected chi connectivity index (χ2v) is 6.40. The van der Waals surface area contributed by atoms with Crippen LogP contribution in [0.3, 0.4) is 0 Å². The Hall–Kier alpha value is -1.67. The summed E-state index contributed by atoms with van der Waals surface area (Å²) in [5, 5.41) is 3.52. The lowest BCUT2D eigenvalue weighted by molar-refractivity contribution is 0.439. The number of halogens is 1. The van der Waals surface area contributed by atoms with E-state index in [1.807, 2.05) is 18.2 Å². The van der Waals surface area contributed by atoms with Crippen LogP contribution >= 0.6 is 0 Å². The maximum absolute atomic E-state index is 13.9. The topological polar surface area (TPSA) is 12.0 Å². The quantitative estimate of drug-likeness (QED) is 0.758. The minimum absolute atomic E-state index is 0.0931. The van der Waals surface area contributed by atoms with E-state index in [0.29, 0.717) is 11.8 Å². The average molecular weight is 299 g/mol. The first kappa shape index (κ1) is 16.7. The van der Waals surface area contributed by atoms with Crippen molar-refractivity contribution >= 4 is 0 Å². The van der Waals surface area contributed by atoms with E-state index in [4.69, 9.17) is 0 Å². The Kier molecular flexibility index (Phi) is 6.60. The number of benzene rings is 2. The number of hydrogen-bond donors (Lipinski definition) is 1. The average Bonchev–Trinajstić information content (AvgIpc) is 2.50. The van der Waals surface area contributed by atoms with Crippen molar-refractivity contribution in [3.63, 3.8) is 0 Å². The Morgan fingerprint density at radius 2 is 1.55 bits per heavy atom. The minimum Gasteiger partial charge on any atom is -0.316 e. The highest BCUT2D eigenvalue weighted by atomic mass is 19.1. The van der Waals surface area contributed by atoms with Gasteiger partial charge in [0.1, 0.15) is 5.82 Å². The normalized spacial score (nSPS) is 12.5. The zero-order valence-electron chi connectivity index (χ0n) is 13.6. The third kappa shape index (κ3) is 5.61. The summed E-state index contributed by atoms with van der Waals surface area (Å²) in [5.41, 5.74) is 2.13. The van der Waals surface area contributed by atoms with Crippen molar-refractivity contribution in [2.75, 3.05) is 13.1 Å². The van der Waals surface area contributed by atoms with Crippen LogP contribution in [0, 0.1) is 17.7 Å². The molecule has 0 heterocycles. The molecule has 1 unspecified atom stereocenters. The van der Waals surface area contributed by atoms with Crippen LogP contribution in [0.25, 0.3) is 0 Å². The molecule has 0 saturated carbocycles. The zero-order valence-corrected chi connectivity index (χ0v) is 13.6. The third-order valence-corrected chi connectivity index (χ3v) is 3.82. The van der Waals surface area contributed by atoms with Gasteiger partial charge in [0.15, 0.2) is 0 Å². The molecule has 2 aromatic carbocycles. The largest absolute Gasteiger partial charge is 0.316 e. The summed E-state index contributed by atoms with van der Waals surface area (Å²) in [5.74, 6) is 0.938. The molecule has 0 radical (unpaired) electrons. The maximum Gasteiger partial charge on any atom is 0.126 e. The summed E-state index contributed by atoms with van der Waals surface area (Å²) >= 11 is 0. The molecule has 0 saturated heterocycles. The molecule has 1 atom stereocenters. The van der Waals surface area contributed by atoms with Gasteiger partial charge in [0.25, 0.3) is 0 Å². The monoisotopic (exact) mass is 299 g/mol. The summed E-state index contributed by atoms with van der Waals surface area (Å²) in [6.45, 7) is 6.33. The standard InChI is InChI=1S/C20H26FN/c1-16(2)14-22-15-18(12-17-8-4-3-5-9-17)13-19-10-6-7-11-20(19)21/h3-11,16,18,22H,12-15H2,1-2H3. The van der Waals surface area contributed by atoms with E-state index >= 15 is 0 Å². The molecular weight excluding hydrogens is 273 g/mol. The molecule has 2 heteroatoms. The van der Waals surface area contributed by atoms with E-state index in [9.17, 15) is 4.39 Å². The molecule has 0 aliphatic rings. The smallest absolute Gasteiger partial charge is 0.126 e. The summed E-state index contributed by atoms with van der Waals surface area (Å²) in [4.78, 5) is 0. The zero-order chi connectivity index (χ0) is 15.8. The Balaban J connectivity index is 2.02. The van der Waals surface area contributed by atoms with Crippen LogP contribution in [0.2, 0.25) is 0 Å². The van der Waals surface area contributed by atoms with Gasteiger partial charge >= 0.3 is 0 Å². The molecule has 0 amide bonds. The molecule has 0 aliphatic heterocycles. The second-order valence-electron chi connectivity index (χ2n) is 6.40. The number of nitrogens with one attached hydrogen (secondary N) is 1. The molecule has 118 valence electrons. The molecule has 1 N–H and O–H groups in total. The lowest BCUT2D eigenvalue weighted by Gasteiger charge is -2.19. The highest BCUT2D eigenvalue weighted by molar-refractivity contribution is 5.20. The predicted octanol–water partition coefficient (Wildman–Crippen LogP) is 4.47. The molecule has 0 aromatic heterocycles. The van der Waals surface area contributed by atoms with E-state index in [0.717, 1.165) is 31.5 Å². The first-order chi connectivity index (χ1) is 10.6. The van der Waals surface area contributed by atoms with Gasteiger partial charge in [-0.2, -0.15) is 0 Å². The Morgan fingerprint density at radius 1 is 0.864 bits per heavy atom. The van der Waals surface area contributed by atoms with Gasteiger partial charge in [-0.1, -0.05) is 62.4 Å². The fourth-order valence-corrected chi connectivity index (χ4v) is 2.72. The molecular formula is C20H26FN. The van der Waals surface area contributed by atoms with Crippen molar-refractivity contribution in [2.45, 2.75) is 26.7 Å².